The van der Waals surface area contributed by atoms with Crippen molar-refractivity contribution >= 4 is 25.4 Å². The maximum atomic E-state index is 12.1. The molecule has 5 nitrogen and oxygen atoms in total. The molecule has 0 unspecified atom stereocenters. The third-order valence-corrected chi connectivity index (χ3v) is 7.03. The van der Waals surface area contributed by atoms with E-state index in [2.05, 4.69) is 24.4 Å². The van der Waals surface area contributed by atoms with E-state index in [-0.39, 0.29) is 21.2 Å². The summed E-state index contributed by atoms with van der Waals surface area (Å²) in [6, 6.07) is 14.4. The van der Waals surface area contributed by atoms with Gasteiger partial charge in [0.25, 0.3) is 0 Å². The van der Waals surface area contributed by atoms with Crippen LogP contribution in [0.4, 0.5) is 5.69 Å². The van der Waals surface area contributed by atoms with E-state index in [0.29, 0.717) is 5.69 Å². The molecule has 0 heterocycles. The van der Waals surface area contributed by atoms with E-state index >= 15 is 0 Å². The normalized spacial score (nSPS) is 23.2. The van der Waals surface area contributed by atoms with Crippen molar-refractivity contribution < 1.29 is 16.8 Å². The number of hydrogen-bond acceptors (Lipinski definition) is 5. The van der Waals surface area contributed by atoms with Crippen molar-refractivity contribution in [2.24, 2.45) is 0 Å². The molecule has 0 saturated heterocycles. The minimum absolute atomic E-state index is 0.0000862. The van der Waals surface area contributed by atoms with Crippen molar-refractivity contribution in [3.8, 4) is 0 Å². The van der Waals surface area contributed by atoms with Crippen LogP contribution in [-0.4, -0.2) is 35.4 Å². The van der Waals surface area contributed by atoms with E-state index in [1.165, 1.54) is 23.8 Å². The molecular formula is C18H21NO4S2. The summed E-state index contributed by atoms with van der Waals surface area (Å²) >= 11 is 0. The minimum atomic E-state index is -3.56. The number of sulfone groups is 2. The van der Waals surface area contributed by atoms with Gasteiger partial charge in [0.2, 0.25) is 0 Å². The maximum Gasteiger partial charge on any atom is 0.177 e. The van der Waals surface area contributed by atoms with Crippen molar-refractivity contribution in [1.29, 1.82) is 0 Å². The van der Waals surface area contributed by atoms with E-state index < -0.39 is 19.7 Å². The standard InChI is InChI=1S/C18H21NO4S2/c1-18(13-7-5-4-6-8-13)12-17(18)19-15-10-9-14(24(2,20)21)11-16(15)25(3,22)23/h4-11,17,19H,12H2,1-3H3/t17-,18-/m0/s1. The smallest absolute Gasteiger partial charge is 0.177 e. The van der Waals surface area contributed by atoms with Gasteiger partial charge in [-0.2, -0.15) is 0 Å². The van der Waals surface area contributed by atoms with Crippen LogP contribution in [0.15, 0.2) is 58.3 Å². The molecule has 0 radical (unpaired) electrons. The molecule has 134 valence electrons. The number of rotatable bonds is 5. The minimum Gasteiger partial charge on any atom is -0.380 e. The Morgan fingerprint density at radius 2 is 1.60 bits per heavy atom. The van der Waals surface area contributed by atoms with Crippen molar-refractivity contribution in [2.75, 3.05) is 17.8 Å². The molecule has 1 fully saturated rings. The first-order valence-electron chi connectivity index (χ1n) is 7.88. The lowest BCUT2D eigenvalue weighted by Crippen LogP contribution is -2.16. The average molecular weight is 380 g/mol. The van der Waals surface area contributed by atoms with Crippen molar-refractivity contribution in [3.63, 3.8) is 0 Å². The first kappa shape index (κ1) is 17.9. The monoisotopic (exact) mass is 379 g/mol. The van der Waals surface area contributed by atoms with Crippen LogP contribution < -0.4 is 5.32 Å². The van der Waals surface area contributed by atoms with Gasteiger partial charge >= 0.3 is 0 Å². The summed E-state index contributed by atoms with van der Waals surface area (Å²) in [4.78, 5) is 0.0119. The molecule has 3 rings (SSSR count). The lowest BCUT2D eigenvalue weighted by atomic mass is 9.97. The first-order valence-corrected chi connectivity index (χ1v) is 11.7. The molecule has 1 N–H and O–H groups in total. The molecule has 1 aliphatic rings. The predicted octanol–water partition coefficient (Wildman–Crippen LogP) is 2.64. The lowest BCUT2D eigenvalue weighted by molar-refractivity contribution is 0.600. The molecule has 1 aliphatic carbocycles. The summed E-state index contributed by atoms with van der Waals surface area (Å²) < 4.78 is 47.7. The Kier molecular flexibility index (Phi) is 4.20. The summed E-state index contributed by atoms with van der Waals surface area (Å²) in [5.41, 5.74) is 1.58. The van der Waals surface area contributed by atoms with Gasteiger partial charge in [-0.3, -0.25) is 0 Å². The van der Waals surface area contributed by atoms with Crippen molar-refractivity contribution in [1.82, 2.24) is 0 Å². The molecule has 2 aromatic carbocycles. The quantitative estimate of drug-likeness (QED) is 0.864. The Labute approximate surface area is 148 Å². The number of hydrogen-bond donors (Lipinski definition) is 1. The van der Waals surface area contributed by atoms with Crippen LogP contribution in [0.5, 0.6) is 0 Å². The van der Waals surface area contributed by atoms with E-state index in [1.54, 1.807) is 0 Å². The Bertz CT molecular complexity index is 1010. The highest BCUT2D eigenvalue weighted by molar-refractivity contribution is 7.91. The second kappa shape index (κ2) is 5.85. The largest absolute Gasteiger partial charge is 0.380 e. The molecule has 1 saturated carbocycles. The van der Waals surface area contributed by atoms with Gasteiger partial charge in [0, 0.05) is 24.0 Å². The summed E-state index contributed by atoms with van der Waals surface area (Å²) in [5.74, 6) is 0. The van der Waals surface area contributed by atoms with Crippen LogP contribution in [0, 0.1) is 0 Å². The fourth-order valence-corrected chi connectivity index (χ4v) is 4.65. The molecule has 0 spiro atoms. The average Bonchev–Trinajstić information content (AvgIpc) is 3.18. The third kappa shape index (κ3) is 3.57. The second-order valence-corrected chi connectivity index (χ2v) is 10.9. The van der Waals surface area contributed by atoms with Gasteiger partial charge in [-0.25, -0.2) is 16.8 Å². The molecule has 2 atom stereocenters. The van der Waals surface area contributed by atoms with Gasteiger partial charge in [-0.05, 0) is 30.2 Å². The maximum absolute atomic E-state index is 12.1. The lowest BCUT2D eigenvalue weighted by Gasteiger charge is -2.16. The van der Waals surface area contributed by atoms with Crippen molar-refractivity contribution in [2.45, 2.75) is 34.6 Å². The molecule has 25 heavy (non-hydrogen) atoms. The zero-order valence-corrected chi connectivity index (χ0v) is 16.0. The fourth-order valence-electron chi connectivity index (χ4n) is 3.06. The first-order chi connectivity index (χ1) is 11.5. The van der Waals surface area contributed by atoms with Crippen LogP contribution in [0.2, 0.25) is 0 Å². The van der Waals surface area contributed by atoms with Gasteiger partial charge in [-0.15, -0.1) is 0 Å². The zero-order valence-electron chi connectivity index (χ0n) is 14.4. The topological polar surface area (TPSA) is 80.3 Å². The molecular weight excluding hydrogens is 358 g/mol. The molecule has 7 heteroatoms. The third-order valence-electron chi connectivity index (χ3n) is 4.78. The Morgan fingerprint density at radius 1 is 0.960 bits per heavy atom. The highest BCUT2D eigenvalue weighted by Crippen LogP contribution is 2.50. The number of benzene rings is 2. The van der Waals surface area contributed by atoms with E-state index in [0.717, 1.165) is 18.9 Å². The summed E-state index contributed by atoms with van der Waals surface area (Å²) in [6.45, 7) is 2.13. The van der Waals surface area contributed by atoms with Gasteiger partial charge in [0.1, 0.15) is 0 Å². The van der Waals surface area contributed by atoms with Crippen LogP contribution in [0.3, 0.4) is 0 Å². The van der Waals surface area contributed by atoms with Crippen molar-refractivity contribution in [3.05, 3.63) is 54.1 Å². The fraction of sp³-hybridized carbons (Fsp3) is 0.333. The SMILES string of the molecule is C[C@@]1(c2ccccc2)C[C@@H]1Nc1ccc(S(C)(=O)=O)cc1S(C)(=O)=O. The summed E-state index contributed by atoms with van der Waals surface area (Å²) in [7, 11) is -7.04. The Balaban J connectivity index is 1.94. The Morgan fingerprint density at radius 3 is 2.16 bits per heavy atom. The molecule has 0 bridgehead atoms. The highest BCUT2D eigenvalue weighted by atomic mass is 32.2. The number of anilines is 1. The van der Waals surface area contributed by atoms with Gasteiger partial charge < -0.3 is 5.32 Å². The van der Waals surface area contributed by atoms with Crippen LogP contribution in [0.25, 0.3) is 0 Å². The summed E-state index contributed by atoms with van der Waals surface area (Å²) in [5, 5.41) is 3.28. The van der Waals surface area contributed by atoms with Crippen LogP contribution >= 0.6 is 0 Å². The molecule has 0 aromatic heterocycles. The number of nitrogens with one attached hydrogen (secondary N) is 1. The highest BCUT2D eigenvalue weighted by Gasteiger charge is 2.51. The van der Waals surface area contributed by atoms with Crippen LogP contribution in [-0.2, 0) is 25.1 Å². The van der Waals surface area contributed by atoms with E-state index in [1.807, 2.05) is 18.2 Å². The predicted molar refractivity (Wildman–Crippen MR) is 98.5 cm³/mol. The van der Waals surface area contributed by atoms with Gasteiger partial charge in [0.15, 0.2) is 19.7 Å². The van der Waals surface area contributed by atoms with Crippen LogP contribution in [0.1, 0.15) is 18.9 Å². The van der Waals surface area contributed by atoms with E-state index in [9.17, 15) is 16.8 Å². The molecule has 0 aliphatic heterocycles. The summed E-state index contributed by atoms with van der Waals surface area (Å²) in [6.07, 6.45) is 3.03. The van der Waals surface area contributed by atoms with Gasteiger partial charge in [0.05, 0.1) is 15.5 Å². The zero-order chi connectivity index (χ0) is 18.5. The molecule has 0 amide bonds. The van der Waals surface area contributed by atoms with Gasteiger partial charge in [-0.1, -0.05) is 37.3 Å². The van der Waals surface area contributed by atoms with E-state index in [4.69, 9.17) is 0 Å². The second-order valence-electron chi connectivity index (χ2n) is 6.89. The molecule has 2 aromatic rings. The Hall–Kier alpha value is -1.86.